The average molecular weight is 902 g/mol. The van der Waals surface area contributed by atoms with Gasteiger partial charge < -0.3 is 10.2 Å². The number of anilines is 2. The zero-order valence-corrected chi connectivity index (χ0v) is 34.7. The second-order valence-corrected chi connectivity index (χ2v) is 18.3. The molecule has 21 heteroatoms. The van der Waals surface area contributed by atoms with Crippen LogP contribution in [0.1, 0.15) is 78.8 Å². The topological polar surface area (TPSA) is 149 Å². The molecule has 2 fully saturated rings. The summed E-state index contributed by atoms with van der Waals surface area (Å²) in [5, 5.41) is 11.1. The molecule has 4 heterocycles. The van der Waals surface area contributed by atoms with E-state index < -0.39 is 87.7 Å². The van der Waals surface area contributed by atoms with Gasteiger partial charge in [0.2, 0.25) is 15.9 Å². The second-order valence-electron chi connectivity index (χ2n) is 16.1. The summed E-state index contributed by atoms with van der Waals surface area (Å²) in [5.41, 5.74) is -1.40. The Balaban J connectivity index is 1.24. The number of alkyl halides is 4. The molecule has 3 aromatic carbocycles. The molecule has 2 aliphatic carbocycles. The van der Waals surface area contributed by atoms with Crippen molar-refractivity contribution in [3.63, 3.8) is 0 Å². The minimum Gasteiger partial charge on any atom is -0.371 e. The molecule has 1 saturated heterocycles. The highest BCUT2D eigenvalue weighted by Gasteiger charge is 2.67. The number of rotatable bonds is 11. The molecular formula is C41H38ClF6N9O4S. The number of aryl methyl sites for hydroxylation is 1. The number of nitrogens with one attached hydrogen (secondary N) is 2. The van der Waals surface area contributed by atoms with Crippen molar-refractivity contribution >= 4 is 60.8 Å². The normalized spacial score (nSPS) is 18.8. The largest absolute Gasteiger partial charge is 0.371 e. The molecule has 3 aromatic heterocycles. The van der Waals surface area contributed by atoms with E-state index in [9.17, 15) is 30.8 Å². The van der Waals surface area contributed by atoms with Gasteiger partial charge in [-0.05, 0) is 73.2 Å². The van der Waals surface area contributed by atoms with Crippen molar-refractivity contribution in [3.8, 4) is 5.69 Å². The Labute approximate surface area is 354 Å². The minimum absolute atomic E-state index is 0.0000248. The van der Waals surface area contributed by atoms with Gasteiger partial charge in [0, 0.05) is 49.8 Å². The van der Waals surface area contributed by atoms with Crippen LogP contribution in [0.15, 0.2) is 53.3 Å². The first-order valence-corrected chi connectivity index (χ1v) is 22.1. The average Bonchev–Trinajstić information content (AvgIpc) is 3.83. The number of fused-ring (bicyclic) bond motifs is 5. The predicted octanol–water partition coefficient (Wildman–Crippen LogP) is 7.40. The lowest BCUT2D eigenvalue weighted by Gasteiger charge is -2.25. The number of benzene rings is 3. The van der Waals surface area contributed by atoms with E-state index in [-0.39, 0.29) is 61.7 Å². The third-order valence-corrected chi connectivity index (χ3v) is 12.6. The monoisotopic (exact) mass is 901 g/mol. The van der Waals surface area contributed by atoms with Crippen LogP contribution in [-0.4, -0.2) is 62.8 Å². The van der Waals surface area contributed by atoms with Crippen molar-refractivity contribution in [2.75, 3.05) is 29.0 Å². The van der Waals surface area contributed by atoms with Gasteiger partial charge >= 0.3 is 0 Å². The summed E-state index contributed by atoms with van der Waals surface area (Å²) in [5.74, 6) is -8.82. The zero-order chi connectivity index (χ0) is 44.0. The molecule has 1 aliphatic heterocycles. The lowest BCUT2D eigenvalue weighted by atomic mass is 10.0. The Morgan fingerprint density at radius 1 is 1.00 bits per heavy atom. The van der Waals surface area contributed by atoms with E-state index in [1.54, 1.807) is 18.2 Å². The maximum atomic E-state index is 15.5. The fraction of sp³-hybridized carbons (Fsp3) is 0.390. The second kappa shape index (κ2) is 15.3. The summed E-state index contributed by atoms with van der Waals surface area (Å²) in [6, 6.07) is 9.17. The molecule has 2 N–H and O–H groups in total. The molecule has 62 heavy (non-hydrogen) atoms. The molecule has 326 valence electrons. The van der Waals surface area contributed by atoms with Gasteiger partial charge in [-0.1, -0.05) is 24.4 Å². The van der Waals surface area contributed by atoms with Crippen molar-refractivity contribution in [3.05, 3.63) is 104 Å². The highest BCUT2D eigenvalue weighted by atomic mass is 35.5. The van der Waals surface area contributed by atoms with Crippen molar-refractivity contribution in [1.82, 2.24) is 34.4 Å². The van der Waals surface area contributed by atoms with E-state index in [0.29, 0.717) is 10.7 Å². The Kier molecular flexibility index (Phi) is 10.3. The van der Waals surface area contributed by atoms with Crippen LogP contribution in [0.3, 0.4) is 0 Å². The van der Waals surface area contributed by atoms with Crippen LogP contribution in [0.25, 0.3) is 27.5 Å². The number of amides is 1. The van der Waals surface area contributed by atoms with Crippen LogP contribution >= 0.6 is 11.6 Å². The third-order valence-electron chi connectivity index (χ3n) is 11.8. The van der Waals surface area contributed by atoms with Gasteiger partial charge in [-0.15, -0.1) is 0 Å². The van der Waals surface area contributed by atoms with Crippen LogP contribution in [0.5, 0.6) is 0 Å². The summed E-state index contributed by atoms with van der Waals surface area (Å²) in [4.78, 5) is 36.3. The maximum absolute atomic E-state index is 15.5. The molecule has 3 atom stereocenters. The van der Waals surface area contributed by atoms with E-state index in [2.05, 4.69) is 25.1 Å². The van der Waals surface area contributed by atoms with Gasteiger partial charge in [0.25, 0.3) is 17.9 Å². The van der Waals surface area contributed by atoms with Crippen molar-refractivity contribution in [1.29, 1.82) is 0 Å². The molecule has 13 nitrogen and oxygen atoms in total. The van der Waals surface area contributed by atoms with Gasteiger partial charge in [-0.25, -0.2) is 31.0 Å². The number of carbonyl (C=O) groups is 1. The molecule has 1 amide bonds. The summed E-state index contributed by atoms with van der Waals surface area (Å²) in [6.45, 7) is 0.539. The molecule has 9 rings (SSSR count). The summed E-state index contributed by atoms with van der Waals surface area (Å²) < 4.78 is 119. The van der Waals surface area contributed by atoms with Gasteiger partial charge in [-0.2, -0.15) is 19.0 Å². The molecule has 0 bridgehead atoms. The molecule has 0 spiro atoms. The first-order chi connectivity index (χ1) is 29.4. The zero-order valence-electron chi connectivity index (χ0n) is 33.1. The maximum Gasteiger partial charge on any atom is 0.293 e. The molecule has 0 unspecified atom stereocenters. The third kappa shape index (κ3) is 7.43. The number of carbonyl (C=O) groups excluding carboxylic acids is 1. The lowest BCUT2D eigenvalue weighted by Crippen LogP contribution is -2.38. The highest BCUT2D eigenvalue weighted by Crippen LogP contribution is 2.68. The first-order valence-electron chi connectivity index (χ1n) is 19.9. The molecule has 6 aromatic rings. The van der Waals surface area contributed by atoms with Gasteiger partial charge in [0.15, 0.2) is 5.82 Å². The quantitative estimate of drug-likeness (QED) is 0.128. The number of hydrogen-bond donors (Lipinski definition) is 2. The number of sulfonamides is 1. The number of aromatic nitrogens is 6. The molecule has 0 radical (unpaired) electrons. The van der Waals surface area contributed by atoms with Crippen molar-refractivity contribution < 1.29 is 39.6 Å². The summed E-state index contributed by atoms with van der Waals surface area (Å²) >= 11 is 6.65. The van der Waals surface area contributed by atoms with E-state index in [1.165, 1.54) is 23.9 Å². The van der Waals surface area contributed by atoms with E-state index in [1.807, 2.05) is 0 Å². The van der Waals surface area contributed by atoms with Crippen LogP contribution in [-0.2, 0) is 40.8 Å². The minimum atomic E-state index is -3.89. The van der Waals surface area contributed by atoms with Crippen LogP contribution in [0, 0.1) is 17.6 Å². The molecule has 1 saturated carbocycles. The fourth-order valence-electron chi connectivity index (χ4n) is 9.09. The number of nitrogens with zero attached hydrogens (tertiary/aromatic N) is 7. The lowest BCUT2D eigenvalue weighted by molar-refractivity contribution is -0.123. The molecular weight excluding hydrogens is 864 g/mol. The smallest absolute Gasteiger partial charge is 0.293 e. The number of hydrogen-bond acceptors (Lipinski definition) is 8. The Morgan fingerprint density at radius 2 is 1.71 bits per heavy atom. The summed E-state index contributed by atoms with van der Waals surface area (Å²) in [7, 11) is -2.41. The fourth-order valence-corrected chi connectivity index (χ4v) is 9.83. The molecule has 3 aliphatic rings. The first kappa shape index (κ1) is 41.7. The Hall–Kier alpha value is -5.63. The van der Waals surface area contributed by atoms with Crippen LogP contribution in [0.4, 0.5) is 37.8 Å². The van der Waals surface area contributed by atoms with Crippen molar-refractivity contribution in [2.45, 2.75) is 69.4 Å². The SMILES string of the molecule is Cn1nc(NS(C)(=O)=O)c2c(Cl)ccc(-n3c([C@H](Cc4cc(F)cc(F)c4)NC(=O)Cn4nc(C(F)F)c5c4C(F)(F)[C@@H]4C[C@H]54)nc4cc(N5CCCCCC5)ccc4c3=O)c21. The predicted molar refractivity (Wildman–Crippen MR) is 219 cm³/mol. The number of halogens is 7. The van der Waals surface area contributed by atoms with Gasteiger partial charge in [0.1, 0.15) is 35.4 Å². The van der Waals surface area contributed by atoms with E-state index in [4.69, 9.17) is 16.6 Å². The Morgan fingerprint density at radius 3 is 2.39 bits per heavy atom. The van der Waals surface area contributed by atoms with E-state index >= 15 is 13.6 Å². The van der Waals surface area contributed by atoms with Gasteiger partial charge in [0.05, 0.1) is 44.8 Å². The standard InChI is InChI=1S/C41H38ClF6N9O4S/c1-54-35-30(10-9-27(42)33(35)38(52-54)53-62(2,60)61)57-39(50-28-17-23(7-8-24(28)40(57)59)55-11-5-3-4-6-12-55)29(15-20-13-21(43)16-22(44)14-20)49-31(58)19-56-36-32(34(51-56)37(45)46)25-18-26(25)41(36,47)48/h7-10,13-14,16-17,25-26,29,37H,3-6,11-12,15,18-19H2,1-2H3,(H,49,58)(H,52,53)/t25-,26+,29-/m0/s1. The summed E-state index contributed by atoms with van der Waals surface area (Å²) in [6.07, 6.45) is 1.29. The van der Waals surface area contributed by atoms with Crippen LogP contribution < -0.4 is 20.5 Å². The highest BCUT2D eigenvalue weighted by molar-refractivity contribution is 7.92. The van der Waals surface area contributed by atoms with E-state index in [0.717, 1.165) is 67.4 Å². The van der Waals surface area contributed by atoms with Crippen molar-refractivity contribution in [2.24, 2.45) is 13.0 Å². The van der Waals surface area contributed by atoms with Gasteiger partial charge in [-0.3, -0.25) is 28.2 Å². The van der Waals surface area contributed by atoms with Crippen LogP contribution in [0.2, 0.25) is 5.02 Å². The Bertz CT molecular complexity index is 2960.